The van der Waals surface area contributed by atoms with Crippen molar-refractivity contribution in [2.45, 2.75) is 0 Å². The van der Waals surface area contributed by atoms with Gasteiger partial charge < -0.3 is 4.52 Å². The van der Waals surface area contributed by atoms with Crippen LogP contribution in [0.4, 0.5) is 5.82 Å². The Hall–Kier alpha value is -1.08. The molecule has 0 unspecified atom stereocenters. The van der Waals surface area contributed by atoms with Crippen LogP contribution >= 0.6 is 15.9 Å². The van der Waals surface area contributed by atoms with Crippen LogP contribution in [-0.4, -0.2) is 19.8 Å². The van der Waals surface area contributed by atoms with Crippen LogP contribution in [0.5, 0.6) is 0 Å². The predicted molar refractivity (Wildman–Crippen MR) is 60.2 cm³/mol. The SMILES string of the molecule is CS(=O)(=O)Nc1noc2c(Br)cccc12. The van der Waals surface area contributed by atoms with E-state index in [9.17, 15) is 8.42 Å². The van der Waals surface area contributed by atoms with Gasteiger partial charge in [0.15, 0.2) is 11.4 Å². The second-order valence-electron chi connectivity index (χ2n) is 3.02. The van der Waals surface area contributed by atoms with Crippen molar-refractivity contribution in [2.75, 3.05) is 11.0 Å². The van der Waals surface area contributed by atoms with E-state index in [-0.39, 0.29) is 5.82 Å². The van der Waals surface area contributed by atoms with Gasteiger partial charge in [-0.2, -0.15) is 0 Å². The molecule has 1 aromatic heterocycles. The Labute approximate surface area is 94.6 Å². The second kappa shape index (κ2) is 3.49. The third-order valence-electron chi connectivity index (χ3n) is 1.73. The van der Waals surface area contributed by atoms with E-state index < -0.39 is 10.0 Å². The molecule has 0 aliphatic carbocycles. The fourth-order valence-corrected chi connectivity index (χ4v) is 2.11. The molecular weight excluding hydrogens is 284 g/mol. The van der Waals surface area contributed by atoms with Crippen molar-refractivity contribution in [1.82, 2.24) is 5.16 Å². The van der Waals surface area contributed by atoms with Gasteiger partial charge in [0.05, 0.1) is 16.1 Å². The first-order chi connectivity index (χ1) is 6.97. The van der Waals surface area contributed by atoms with E-state index in [2.05, 4.69) is 25.8 Å². The Kier molecular flexibility index (Phi) is 2.43. The highest BCUT2D eigenvalue weighted by Gasteiger charge is 2.13. The molecule has 1 aromatic carbocycles. The van der Waals surface area contributed by atoms with Gasteiger partial charge in [-0.3, -0.25) is 4.72 Å². The predicted octanol–water partition coefficient (Wildman–Crippen LogP) is 1.96. The summed E-state index contributed by atoms with van der Waals surface area (Å²) in [4.78, 5) is 0. The minimum absolute atomic E-state index is 0.203. The van der Waals surface area contributed by atoms with Crippen molar-refractivity contribution < 1.29 is 12.9 Å². The molecule has 80 valence electrons. The van der Waals surface area contributed by atoms with Crippen molar-refractivity contribution >= 4 is 42.7 Å². The van der Waals surface area contributed by atoms with Crippen LogP contribution < -0.4 is 4.72 Å². The maximum absolute atomic E-state index is 11.0. The summed E-state index contributed by atoms with van der Waals surface area (Å²) in [5.41, 5.74) is 0.517. The second-order valence-corrected chi connectivity index (χ2v) is 5.62. The van der Waals surface area contributed by atoms with Gasteiger partial charge in [0.25, 0.3) is 0 Å². The summed E-state index contributed by atoms with van der Waals surface area (Å²) in [6, 6.07) is 5.29. The lowest BCUT2D eigenvalue weighted by atomic mass is 10.2. The van der Waals surface area contributed by atoms with Crippen molar-refractivity contribution in [3.8, 4) is 0 Å². The first-order valence-corrected chi connectivity index (χ1v) is 6.67. The largest absolute Gasteiger partial charge is 0.353 e. The fraction of sp³-hybridized carbons (Fsp3) is 0.125. The number of para-hydroxylation sites is 1. The van der Waals surface area contributed by atoms with Crippen molar-refractivity contribution in [3.05, 3.63) is 22.7 Å². The summed E-state index contributed by atoms with van der Waals surface area (Å²) in [6.07, 6.45) is 1.06. The average Bonchev–Trinajstić information content (AvgIpc) is 2.48. The monoisotopic (exact) mass is 290 g/mol. The van der Waals surface area contributed by atoms with Crippen LogP contribution in [0.3, 0.4) is 0 Å². The summed E-state index contributed by atoms with van der Waals surface area (Å²) in [5.74, 6) is 0.203. The van der Waals surface area contributed by atoms with Gasteiger partial charge in [-0.1, -0.05) is 11.2 Å². The van der Waals surface area contributed by atoms with E-state index in [0.29, 0.717) is 11.0 Å². The Morgan fingerprint density at radius 1 is 1.47 bits per heavy atom. The van der Waals surface area contributed by atoms with E-state index >= 15 is 0 Å². The molecule has 0 radical (unpaired) electrons. The number of rotatable bonds is 2. The van der Waals surface area contributed by atoms with Crippen LogP contribution in [-0.2, 0) is 10.0 Å². The number of hydrogen-bond acceptors (Lipinski definition) is 4. The zero-order chi connectivity index (χ0) is 11.1. The molecule has 0 fully saturated rings. The molecule has 0 spiro atoms. The average molecular weight is 291 g/mol. The zero-order valence-electron chi connectivity index (χ0n) is 7.69. The first kappa shape index (κ1) is 10.4. The number of anilines is 1. The molecule has 0 atom stereocenters. The minimum atomic E-state index is -3.34. The summed E-state index contributed by atoms with van der Waals surface area (Å²) < 4.78 is 30.1. The highest BCUT2D eigenvalue weighted by molar-refractivity contribution is 9.10. The van der Waals surface area contributed by atoms with Crippen molar-refractivity contribution in [3.63, 3.8) is 0 Å². The van der Waals surface area contributed by atoms with Gasteiger partial charge in [0, 0.05) is 0 Å². The van der Waals surface area contributed by atoms with Crippen LogP contribution in [0.1, 0.15) is 0 Å². The Morgan fingerprint density at radius 2 is 2.20 bits per heavy atom. The summed E-state index contributed by atoms with van der Waals surface area (Å²) in [7, 11) is -3.34. The summed E-state index contributed by atoms with van der Waals surface area (Å²) >= 11 is 3.28. The molecule has 2 aromatic rings. The minimum Gasteiger partial charge on any atom is -0.353 e. The van der Waals surface area contributed by atoms with E-state index in [4.69, 9.17) is 4.52 Å². The first-order valence-electron chi connectivity index (χ1n) is 3.99. The Morgan fingerprint density at radius 3 is 2.87 bits per heavy atom. The molecule has 0 saturated carbocycles. The van der Waals surface area contributed by atoms with E-state index in [1.54, 1.807) is 18.2 Å². The molecule has 0 amide bonds. The third kappa shape index (κ3) is 2.13. The topological polar surface area (TPSA) is 72.2 Å². The molecule has 7 heteroatoms. The molecule has 2 rings (SSSR count). The van der Waals surface area contributed by atoms with Crippen LogP contribution in [0.15, 0.2) is 27.2 Å². The zero-order valence-corrected chi connectivity index (χ0v) is 10.1. The number of benzene rings is 1. The lowest BCUT2D eigenvalue weighted by molar-refractivity contribution is 0.459. The third-order valence-corrected chi connectivity index (χ3v) is 2.92. The molecule has 5 nitrogen and oxygen atoms in total. The van der Waals surface area contributed by atoms with Crippen LogP contribution in [0.25, 0.3) is 11.0 Å². The fourth-order valence-electron chi connectivity index (χ4n) is 1.18. The summed E-state index contributed by atoms with van der Waals surface area (Å²) in [6.45, 7) is 0. The number of nitrogens with one attached hydrogen (secondary N) is 1. The molecule has 15 heavy (non-hydrogen) atoms. The van der Waals surface area contributed by atoms with Crippen LogP contribution in [0, 0.1) is 0 Å². The standard InChI is InChI=1S/C8H7BrN2O3S/c1-15(12,13)11-8-5-3-2-4-6(9)7(5)14-10-8/h2-4H,1H3,(H,10,11). The van der Waals surface area contributed by atoms with Gasteiger partial charge in [-0.25, -0.2) is 8.42 Å². The number of sulfonamides is 1. The van der Waals surface area contributed by atoms with Gasteiger partial charge in [0.1, 0.15) is 0 Å². The lowest BCUT2D eigenvalue weighted by Crippen LogP contribution is -2.09. The lowest BCUT2D eigenvalue weighted by Gasteiger charge is -1.97. The molecule has 0 aliphatic rings. The molecular formula is C8H7BrN2O3S. The maximum atomic E-state index is 11.0. The molecule has 1 N–H and O–H groups in total. The number of halogens is 1. The molecule has 0 aliphatic heterocycles. The molecule has 0 saturated heterocycles. The highest BCUT2D eigenvalue weighted by Crippen LogP contribution is 2.29. The van der Waals surface area contributed by atoms with Gasteiger partial charge >= 0.3 is 0 Å². The normalized spacial score (nSPS) is 11.9. The number of fused-ring (bicyclic) bond motifs is 1. The number of aromatic nitrogens is 1. The summed E-state index contributed by atoms with van der Waals surface area (Å²) in [5, 5.41) is 4.27. The Balaban J connectivity index is 2.60. The van der Waals surface area contributed by atoms with E-state index in [1.165, 1.54) is 0 Å². The van der Waals surface area contributed by atoms with Gasteiger partial charge in [0.2, 0.25) is 10.0 Å². The van der Waals surface area contributed by atoms with Gasteiger partial charge in [-0.05, 0) is 28.1 Å². The maximum Gasteiger partial charge on any atom is 0.231 e. The number of hydrogen-bond donors (Lipinski definition) is 1. The molecule has 0 bridgehead atoms. The quantitative estimate of drug-likeness (QED) is 0.918. The van der Waals surface area contributed by atoms with Gasteiger partial charge in [-0.15, -0.1) is 0 Å². The van der Waals surface area contributed by atoms with Crippen molar-refractivity contribution in [1.29, 1.82) is 0 Å². The Bertz CT molecular complexity index is 605. The van der Waals surface area contributed by atoms with E-state index in [0.717, 1.165) is 10.7 Å². The molecule has 1 heterocycles. The highest BCUT2D eigenvalue weighted by atomic mass is 79.9. The smallest absolute Gasteiger partial charge is 0.231 e. The number of nitrogens with zero attached hydrogens (tertiary/aromatic N) is 1. The van der Waals surface area contributed by atoms with Crippen LogP contribution in [0.2, 0.25) is 0 Å². The van der Waals surface area contributed by atoms with Crippen molar-refractivity contribution in [2.24, 2.45) is 0 Å². The van der Waals surface area contributed by atoms with E-state index in [1.807, 2.05) is 0 Å².